The smallest absolute Gasteiger partial charge is 0.303 e. The van der Waals surface area contributed by atoms with Gasteiger partial charge >= 0.3 is 6.18 Å². The average molecular weight is 445 g/mol. The predicted molar refractivity (Wildman–Crippen MR) is 104 cm³/mol. The number of hydrogen-bond acceptors (Lipinski definition) is 5. The molecule has 6 nitrogen and oxygen atoms in total. The summed E-state index contributed by atoms with van der Waals surface area (Å²) in [5.41, 5.74) is -3.46. The van der Waals surface area contributed by atoms with Crippen LogP contribution in [0, 0.1) is 28.5 Å². The molecule has 2 aliphatic rings. The SMILES string of the molecule is N#Cc1ccc(N2C(=S)N(c3cnc(C#N)c(C(F)(F)F)c3)C(=O)C23CCC3)cc1F. The summed E-state index contributed by atoms with van der Waals surface area (Å²) in [6.07, 6.45) is -2.45. The van der Waals surface area contributed by atoms with Crippen LogP contribution in [0.3, 0.4) is 0 Å². The van der Waals surface area contributed by atoms with Crippen molar-refractivity contribution in [3.63, 3.8) is 0 Å². The topological polar surface area (TPSA) is 84.0 Å². The highest BCUT2D eigenvalue weighted by atomic mass is 32.1. The summed E-state index contributed by atoms with van der Waals surface area (Å²) in [7, 11) is 0. The summed E-state index contributed by atoms with van der Waals surface area (Å²) >= 11 is 5.42. The summed E-state index contributed by atoms with van der Waals surface area (Å²) in [6.45, 7) is 0. The number of rotatable bonds is 2. The van der Waals surface area contributed by atoms with Gasteiger partial charge in [0.05, 0.1) is 23.0 Å². The number of halogens is 4. The molecule has 1 aliphatic heterocycles. The summed E-state index contributed by atoms with van der Waals surface area (Å²) in [5, 5.41) is 17.8. The zero-order chi connectivity index (χ0) is 22.6. The molecule has 1 spiro atoms. The minimum atomic E-state index is -4.86. The van der Waals surface area contributed by atoms with E-state index in [0.29, 0.717) is 25.3 Å². The van der Waals surface area contributed by atoms with E-state index in [9.17, 15) is 22.4 Å². The number of alkyl halides is 3. The number of amides is 1. The lowest BCUT2D eigenvalue weighted by Crippen LogP contribution is -2.55. The molecule has 0 N–H and O–H groups in total. The maximum Gasteiger partial charge on any atom is 0.419 e. The summed E-state index contributed by atoms with van der Waals surface area (Å²) in [4.78, 5) is 19.2. The van der Waals surface area contributed by atoms with Crippen LogP contribution < -0.4 is 9.80 Å². The van der Waals surface area contributed by atoms with Crippen LogP contribution in [0.15, 0.2) is 30.5 Å². The number of nitriles is 2. The second kappa shape index (κ2) is 7.00. The first-order valence-electron chi connectivity index (χ1n) is 9.00. The van der Waals surface area contributed by atoms with Gasteiger partial charge in [-0.1, -0.05) is 0 Å². The normalized spacial score (nSPS) is 17.5. The van der Waals surface area contributed by atoms with E-state index in [0.717, 1.165) is 17.2 Å². The van der Waals surface area contributed by atoms with Gasteiger partial charge in [0, 0.05) is 5.69 Å². The first-order valence-corrected chi connectivity index (χ1v) is 9.40. The van der Waals surface area contributed by atoms with Gasteiger partial charge in [0.25, 0.3) is 5.91 Å². The Hall–Kier alpha value is -3.57. The second-order valence-electron chi connectivity index (χ2n) is 7.12. The van der Waals surface area contributed by atoms with Crippen LogP contribution in [0.2, 0.25) is 0 Å². The van der Waals surface area contributed by atoms with E-state index in [1.165, 1.54) is 23.1 Å². The highest BCUT2D eigenvalue weighted by Crippen LogP contribution is 2.48. The molecule has 0 radical (unpaired) electrons. The molecule has 11 heteroatoms. The number of carbonyl (C=O) groups is 1. The van der Waals surface area contributed by atoms with Crippen LogP contribution >= 0.6 is 12.2 Å². The number of pyridine rings is 1. The molecule has 1 aliphatic carbocycles. The van der Waals surface area contributed by atoms with Gasteiger partial charge in [0.1, 0.15) is 23.5 Å². The van der Waals surface area contributed by atoms with Crippen molar-refractivity contribution in [2.24, 2.45) is 0 Å². The lowest BCUT2D eigenvalue weighted by atomic mass is 9.75. The molecule has 0 atom stereocenters. The molecule has 0 bridgehead atoms. The van der Waals surface area contributed by atoms with E-state index >= 15 is 0 Å². The van der Waals surface area contributed by atoms with Crippen LogP contribution in [-0.4, -0.2) is 21.5 Å². The molecule has 2 fully saturated rings. The van der Waals surface area contributed by atoms with Crippen molar-refractivity contribution >= 4 is 34.6 Å². The fourth-order valence-electron chi connectivity index (χ4n) is 3.82. The molecule has 1 aromatic carbocycles. The van der Waals surface area contributed by atoms with Gasteiger partial charge in [0.15, 0.2) is 10.8 Å². The Morgan fingerprint density at radius 2 is 1.84 bits per heavy atom. The zero-order valence-electron chi connectivity index (χ0n) is 15.6. The summed E-state index contributed by atoms with van der Waals surface area (Å²) in [6, 6.07) is 7.50. The van der Waals surface area contributed by atoms with Crippen molar-refractivity contribution in [1.82, 2.24) is 4.98 Å². The van der Waals surface area contributed by atoms with Crippen LogP contribution in [-0.2, 0) is 11.0 Å². The quantitative estimate of drug-likeness (QED) is 0.513. The third-order valence-corrected chi connectivity index (χ3v) is 5.83. The van der Waals surface area contributed by atoms with Crippen molar-refractivity contribution in [1.29, 1.82) is 10.5 Å². The van der Waals surface area contributed by atoms with Gasteiger partial charge < -0.3 is 4.90 Å². The highest BCUT2D eigenvalue weighted by Gasteiger charge is 2.59. The maximum absolute atomic E-state index is 14.2. The minimum absolute atomic E-state index is 0.131. The molecule has 1 aromatic heterocycles. The van der Waals surface area contributed by atoms with Gasteiger partial charge in [0.2, 0.25) is 0 Å². The monoisotopic (exact) mass is 445 g/mol. The fourth-order valence-corrected chi connectivity index (χ4v) is 4.29. The van der Waals surface area contributed by atoms with Crippen LogP contribution in [0.25, 0.3) is 0 Å². The van der Waals surface area contributed by atoms with Gasteiger partial charge in [-0.25, -0.2) is 9.37 Å². The van der Waals surface area contributed by atoms with E-state index in [1.807, 2.05) is 0 Å². The standard InChI is InChI=1S/C20H11F4N5OS/c21-15-7-12(3-2-11(15)8-25)29-18(31)28(17(30)19(29)4-1-5-19)13-6-14(20(22,23)24)16(9-26)27-10-13/h2-3,6-7,10H,1,4-5H2. The van der Waals surface area contributed by atoms with Gasteiger partial charge in [-0.3, -0.25) is 9.69 Å². The summed E-state index contributed by atoms with van der Waals surface area (Å²) < 4.78 is 54.4. The lowest BCUT2D eigenvalue weighted by molar-refractivity contribution is -0.138. The molecule has 4 rings (SSSR count). The largest absolute Gasteiger partial charge is 0.419 e. The number of hydrogen-bond donors (Lipinski definition) is 0. The molecule has 2 aromatic rings. The van der Waals surface area contributed by atoms with E-state index in [1.54, 1.807) is 6.07 Å². The predicted octanol–water partition coefficient (Wildman–Crippen LogP) is 4.04. The number of nitrogens with zero attached hydrogens (tertiary/aromatic N) is 5. The number of thiocarbonyl (C=S) groups is 1. The first-order chi connectivity index (χ1) is 14.6. The second-order valence-corrected chi connectivity index (χ2v) is 7.48. The Balaban J connectivity index is 1.83. The van der Waals surface area contributed by atoms with Crippen molar-refractivity contribution in [2.75, 3.05) is 9.80 Å². The maximum atomic E-state index is 14.2. The molecule has 31 heavy (non-hydrogen) atoms. The third-order valence-electron chi connectivity index (χ3n) is 5.47. The zero-order valence-corrected chi connectivity index (χ0v) is 16.4. The molecule has 1 amide bonds. The Bertz CT molecular complexity index is 1210. The van der Waals surface area contributed by atoms with E-state index in [4.69, 9.17) is 22.7 Å². The van der Waals surface area contributed by atoms with Crippen molar-refractivity contribution in [3.8, 4) is 12.1 Å². The molecule has 0 unspecified atom stereocenters. The van der Waals surface area contributed by atoms with Crippen LogP contribution in [0.1, 0.15) is 36.1 Å². The third kappa shape index (κ3) is 3.01. The van der Waals surface area contributed by atoms with E-state index in [-0.39, 0.29) is 22.1 Å². The van der Waals surface area contributed by atoms with Crippen molar-refractivity contribution < 1.29 is 22.4 Å². The molecule has 2 heterocycles. The fraction of sp³-hybridized carbons (Fsp3) is 0.250. The average Bonchev–Trinajstić information content (AvgIpc) is 2.93. The lowest BCUT2D eigenvalue weighted by Gasteiger charge is -2.43. The van der Waals surface area contributed by atoms with Crippen molar-refractivity contribution in [2.45, 2.75) is 31.0 Å². The van der Waals surface area contributed by atoms with Gasteiger partial charge in [-0.05, 0) is 55.7 Å². The molecular formula is C20H11F4N5OS. The molecule has 156 valence electrons. The Morgan fingerprint density at radius 1 is 1.13 bits per heavy atom. The van der Waals surface area contributed by atoms with Crippen LogP contribution in [0.4, 0.5) is 28.9 Å². The number of anilines is 2. The number of benzene rings is 1. The molecular weight excluding hydrogens is 434 g/mol. The molecule has 1 saturated carbocycles. The first kappa shape index (κ1) is 20.7. The Kier molecular flexibility index (Phi) is 4.67. The van der Waals surface area contributed by atoms with Gasteiger partial charge in [-0.2, -0.15) is 23.7 Å². The Morgan fingerprint density at radius 3 is 2.35 bits per heavy atom. The van der Waals surface area contributed by atoms with E-state index < -0.39 is 34.7 Å². The number of carbonyl (C=O) groups excluding carboxylic acids is 1. The van der Waals surface area contributed by atoms with Crippen LogP contribution in [0.5, 0.6) is 0 Å². The van der Waals surface area contributed by atoms with Gasteiger partial charge in [-0.15, -0.1) is 0 Å². The number of aromatic nitrogens is 1. The van der Waals surface area contributed by atoms with Crippen molar-refractivity contribution in [3.05, 3.63) is 53.1 Å². The van der Waals surface area contributed by atoms with E-state index in [2.05, 4.69) is 4.98 Å². The Labute approximate surface area is 178 Å². The molecule has 1 saturated heterocycles. The minimum Gasteiger partial charge on any atom is -0.303 e. The highest BCUT2D eigenvalue weighted by molar-refractivity contribution is 7.81. The summed E-state index contributed by atoms with van der Waals surface area (Å²) in [5.74, 6) is -1.35.